The predicted octanol–water partition coefficient (Wildman–Crippen LogP) is 2.99. The van der Waals surface area contributed by atoms with E-state index in [4.69, 9.17) is 16.3 Å². The fourth-order valence-electron chi connectivity index (χ4n) is 1.16. The molecule has 0 saturated carbocycles. The largest absolute Gasteiger partial charge is 0.433 e. The first-order chi connectivity index (χ1) is 8.43. The summed E-state index contributed by atoms with van der Waals surface area (Å²) in [6, 6.07) is 0.687. The van der Waals surface area contributed by atoms with Gasteiger partial charge < -0.3 is 10.1 Å². The fraction of sp³-hybridized carbons (Fsp3) is 0.600. The molecule has 0 bridgehead atoms. The Balaban J connectivity index is 2.58. The average Bonchev–Trinajstić information content (AvgIpc) is 2.27. The Morgan fingerprint density at radius 1 is 1.39 bits per heavy atom. The number of alkyl halides is 3. The first-order valence-corrected chi connectivity index (χ1v) is 5.74. The van der Waals surface area contributed by atoms with Crippen molar-refractivity contribution in [2.75, 3.05) is 25.1 Å². The van der Waals surface area contributed by atoms with Crippen molar-refractivity contribution in [3.8, 4) is 0 Å². The zero-order valence-corrected chi connectivity index (χ0v) is 10.5. The Labute approximate surface area is 108 Å². The molecule has 1 aromatic heterocycles. The lowest BCUT2D eigenvalue weighted by molar-refractivity contribution is -0.141. The summed E-state index contributed by atoms with van der Waals surface area (Å²) in [5, 5.41) is 2.42. The molecule has 0 atom stereocenters. The first kappa shape index (κ1) is 15.0. The quantitative estimate of drug-likeness (QED) is 0.644. The minimum absolute atomic E-state index is 0.133. The molecule has 0 unspecified atom stereocenters. The standard InChI is InChI=1S/C10H13ClF3N3O/c1-2-18-5-3-4-15-9-16-7(10(12,13)14)6-8(11)17-9/h6H,2-5H2,1H3,(H,15,16,17). The van der Waals surface area contributed by atoms with Crippen LogP contribution in [0.2, 0.25) is 5.15 Å². The maximum atomic E-state index is 12.4. The molecule has 18 heavy (non-hydrogen) atoms. The molecule has 1 heterocycles. The van der Waals surface area contributed by atoms with Gasteiger partial charge in [-0.3, -0.25) is 0 Å². The third-order valence-corrected chi connectivity index (χ3v) is 2.13. The number of hydrogen-bond donors (Lipinski definition) is 1. The molecular formula is C10H13ClF3N3O. The van der Waals surface area contributed by atoms with Crippen LogP contribution in [0.1, 0.15) is 19.0 Å². The number of halogens is 4. The van der Waals surface area contributed by atoms with Crippen LogP contribution in [0, 0.1) is 0 Å². The van der Waals surface area contributed by atoms with Crippen molar-refractivity contribution in [3.63, 3.8) is 0 Å². The van der Waals surface area contributed by atoms with Crippen LogP contribution in [-0.4, -0.2) is 29.7 Å². The Kier molecular flexibility index (Phi) is 5.61. The highest BCUT2D eigenvalue weighted by Gasteiger charge is 2.33. The van der Waals surface area contributed by atoms with Crippen molar-refractivity contribution < 1.29 is 17.9 Å². The van der Waals surface area contributed by atoms with Crippen LogP contribution in [0.25, 0.3) is 0 Å². The lowest BCUT2D eigenvalue weighted by Gasteiger charge is -2.09. The van der Waals surface area contributed by atoms with Gasteiger partial charge in [0.15, 0.2) is 5.69 Å². The molecule has 0 aliphatic rings. The third-order valence-electron chi connectivity index (χ3n) is 1.94. The topological polar surface area (TPSA) is 47.0 Å². The van der Waals surface area contributed by atoms with Crippen molar-refractivity contribution in [1.82, 2.24) is 9.97 Å². The van der Waals surface area contributed by atoms with E-state index >= 15 is 0 Å². The summed E-state index contributed by atoms with van der Waals surface area (Å²) in [6.45, 7) is 3.41. The minimum Gasteiger partial charge on any atom is -0.382 e. The first-order valence-electron chi connectivity index (χ1n) is 5.37. The van der Waals surface area contributed by atoms with Crippen LogP contribution in [0.15, 0.2) is 6.07 Å². The van der Waals surface area contributed by atoms with Crippen molar-refractivity contribution in [3.05, 3.63) is 16.9 Å². The maximum absolute atomic E-state index is 12.4. The van der Waals surface area contributed by atoms with Gasteiger partial charge in [-0.15, -0.1) is 0 Å². The van der Waals surface area contributed by atoms with Gasteiger partial charge in [0.2, 0.25) is 5.95 Å². The van der Waals surface area contributed by atoms with Crippen LogP contribution in [-0.2, 0) is 10.9 Å². The van der Waals surface area contributed by atoms with Gasteiger partial charge in [0.1, 0.15) is 5.15 Å². The molecule has 0 spiro atoms. The van der Waals surface area contributed by atoms with Gasteiger partial charge in [0, 0.05) is 25.8 Å². The zero-order valence-electron chi connectivity index (χ0n) is 9.72. The van der Waals surface area contributed by atoms with Gasteiger partial charge in [-0.05, 0) is 13.3 Å². The van der Waals surface area contributed by atoms with E-state index in [0.29, 0.717) is 32.2 Å². The van der Waals surface area contributed by atoms with Gasteiger partial charge in [0.25, 0.3) is 0 Å². The molecule has 1 aromatic rings. The second kappa shape index (κ2) is 6.75. The minimum atomic E-state index is -4.53. The second-order valence-corrected chi connectivity index (χ2v) is 3.76. The van der Waals surface area contributed by atoms with E-state index in [9.17, 15) is 13.2 Å². The van der Waals surface area contributed by atoms with Gasteiger partial charge in [-0.1, -0.05) is 11.6 Å². The van der Waals surface area contributed by atoms with Gasteiger partial charge in [0.05, 0.1) is 0 Å². The van der Waals surface area contributed by atoms with E-state index < -0.39 is 11.9 Å². The summed E-state index contributed by atoms with van der Waals surface area (Å²) in [5.74, 6) is -0.133. The summed E-state index contributed by atoms with van der Waals surface area (Å²) >= 11 is 5.50. The Hall–Kier alpha value is -1.08. The van der Waals surface area contributed by atoms with Crippen molar-refractivity contribution in [2.45, 2.75) is 19.5 Å². The number of rotatable bonds is 6. The highest BCUT2D eigenvalue weighted by atomic mass is 35.5. The summed E-state index contributed by atoms with van der Waals surface area (Å²) in [7, 11) is 0. The number of aromatic nitrogens is 2. The molecule has 0 amide bonds. The molecule has 0 aliphatic carbocycles. The maximum Gasteiger partial charge on any atom is 0.433 e. The van der Waals surface area contributed by atoms with E-state index in [1.807, 2.05) is 6.92 Å². The monoisotopic (exact) mass is 283 g/mol. The molecule has 0 radical (unpaired) electrons. The highest BCUT2D eigenvalue weighted by Crippen LogP contribution is 2.29. The molecule has 0 aliphatic heterocycles. The molecule has 4 nitrogen and oxygen atoms in total. The summed E-state index contributed by atoms with van der Waals surface area (Å²) in [6.07, 6.45) is -3.89. The SMILES string of the molecule is CCOCCCNc1nc(Cl)cc(C(F)(F)F)n1. The number of ether oxygens (including phenoxy) is 1. The number of hydrogen-bond acceptors (Lipinski definition) is 4. The smallest absolute Gasteiger partial charge is 0.382 e. The highest BCUT2D eigenvalue weighted by molar-refractivity contribution is 6.29. The molecule has 1 N–H and O–H groups in total. The Bertz CT molecular complexity index is 387. The van der Waals surface area contributed by atoms with Crippen LogP contribution >= 0.6 is 11.6 Å². The lowest BCUT2D eigenvalue weighted by atomic mass is 10.4. The van der Waals surface area contributed by atoms with Crippen LogP contribution < -0.4 is 5.32 Å². The molecule has 8 heteroatoms. The normalized spacial score (nSPS) is 11.6. The predicted molar refractivity (Wildman–Crippen MR) is 61.6 cm³/mol. The Morgan fingerprint density at radius 3 is 2.72 bits per heavy atom. The van der Waals surface area contributed by atoms with E-state index in [-0.39, 0.29) is 11.1 Å². The number of nitrogens with zero attached hydrogens (tertiary/aromatic N) is 2. The lowest BCUT2D eigenvalue weighted by Crippen LogP contribution is -2.13. The zero-order chi connectivity index (χ0) is 13.6. The molecule has 0 saturated heterocycles. The molecule has 0 aromatic carbocycles. The second-order valence-electron chi connectivity index (χ2n) is 3.37. The van der Waals surface area contributed by atoms with E-state index in [1.54, 1.807) is 0 Å². The number of anilines is 1. The summed E-state index contributed by atoms with van der Waals surface area (Å²) in [4.78, 5) is 7.02. The molecule has 1 rings (SSSR count). The van der Waals surface area contributed by atoms with Gasteiger partial charge in [-0.2, -0.15) is 13.2 Å². The van der Waals surface area contributed by atoms with Crippen LogP contribution in [0.4, 0.5) is 19.1 Å². The summed E-state index contributed by atoms with van der Waals surface area (Å²) in [5.41, 5.74) is -1.06. The van der Waals surface area contributed by atoms with E-state index in [1.165, 1.54) is 0 Å². The van der Waals surface area contributed by atoms with Crippen molar-refractivity contribution >= 4 is 17.5 Å². The van der Waals surface area contributed by atoms with Gasteiger partial charge >= 0.3 is 6.18 Å². The van der Waals surface area contributed by atoms with Crippen molar-refractivity contribution in [1.29, 1.82) is 0 Å². The molecular weight excluding hydrogens is 271 g/mol. The number of nitrogens with one attached hydrogen (secondary N) is 1. The molecule has 102 valence electrons. The molecule has 0 fully saturated rings. The average molecular weight is 284 g/mol. The van der Waals surface area contributed by atoms with Gasteiger partial charge in [-0.25, -0.2) is 9.97 Å². The van der Waals surface area contributed by atoms with Crippen LogP contribution in [0.3, 0.4) is 0 Å². The van der Waals surface area contributed by atoms with E-state index in [0.717, 1.165) is 0 Å². The van der Waals surface area contributed by atoms with Crippen LogP contribution in [0.5, 0.6) is 0 Å². The summed E-state index contributed by atoms with van der Waals surface area (Å²) < 4.78 is 42.4. The Morgan fingerprint density at radius 2 is 2.11 bits per heavy atom. The third kappa shape index (κ3) is 5.05. The fourth-order valence-corrected chi connectivity index (χ4v) is 1.34. The van der Waals surface area contributed by atoms with E-state index in [2.05, 4.69) is 15.3 Å². The van der Waals surface area contributed by atoms with Crippen molar-refractivity contribution in [2.24, 2.45) is 0 Å².